The summed E-state index contributed by atoms with van der Waals surface area (Å²) in [5, 5.41) is 10.5. The molecule has 0 saturated carbocycles. The van der Waals surface area contributed by atoms with Gasteiger partial charge in [0.15, 0.2) is 0 Å². The van der Waals surface area contributed by atoms with E-state index < -0.39 is 6.36 Å². The van der Waals surface area contributed by atoms with E-state index in [9.17, 15) is 13.2 Å². The lowest BCUT2D eigenvalue weighted by Gasteiger charge is -2.19. The zero-order valence-electron chi connectivity index (χ0n) is 12.2. The maximum absolute atomic E-state index is 12.2. The molecule has 1 N–H and O–H groups in total. The number of aliphatic imine (C=N–C) groups is 1. The normalized spacial score (nSPS) is 13.9. The molecule has 0 bridgehead atoms. The summed E-state index contributed by atoms with van der Waals surface area (Å²) in [6, 6.07) is 14.4. The number of alkyl halides is 3. The lowest BCUT2D eigenvalue weighted by molar-refractivity contribution is -0.274. The molecule has 122 valence electrons. The topological polar surface area (TPSA) is 60.7 Å². The lowest BCUT2D eigenvalue weighted by atomic mass is 10.1. The zero-order chi connectivity index (χ0) is 17.2. The van der Waals surface area contributed by atoms with E-state index >= 15 is 0 Å². The summed E-state index contributed by atoms with van der Waals surface area (Å²) in [5.41, 5.74) is 5.08. The van der Waals surface area contributed by atoms with E-state index in [1.807, 2.05) is 6.07 Å². The molecule has 1 heterocycles. The molecular weight excluding hydrogens is 321 g/mol. The number of anilines is 1. The van der Waals surface area contributed by atoms with Gasteiger partial charge in [-0.3, -0.25) is 10.4 Å². The predicted octanol–water partition coefficient (Wildman–Crippen LogP) is 3.19. The number of hydrogen-bond acceptors (Lipinski definition) is 5. The molecule has 0 aromatic heterocycles. The predicted molar refractivity (Wildman–Crippen MR) is 81.3 cm³/mol. The van der Waals surface area contributed by atoms with Crippen LogP contribution < -0.4 is 15.2 Å². The zero-order valence-corrected chi connectivity index (χ0v) is 12.2. The second-order valence-electron chi connectivity index (χ2n) is 4.92. The van der Waals surface area contributed by atoms with Crippen molar-refractivity contribution in [1.82, 2.24) is 5.43 Å². The minimum atomic E-state index is -4.71. The van der Waals surface area contributed by atoms with E-state index in [0.29, 0.717) is 23.8 Å². The summed E-state index contributed by atoms with van der Waals surface area (Å²) in [6.45, 7) is 0.314. The Hall–Kier alpha value is -3.21. The van der Waals surface area contributed by atoms with Crippen molar-refractivity contribution < 1.29 is 17.9 Å². The van der Waals surface area contributed by atoms with Gasteiger partial charge in [0.1, 0.15) is 18.3 Å². The minimum absolute atomic E-state index is 0.279. The maximum Gasteiger partial charge on any atom is 0.573 e. The number of nitrogens with one attached hydrogen (secondary N) is 1. The first-order chi connectivity index (χ1) is 11.4. The molecule has 8 heteroatoms. The molecule has 2 aromatic rings. The standard InChI is InChI=1S/C16H11F3N4O/c17-16(18,19)24-14-7-5-13(6-8-14)23-10-21-15(22-23)12-3-1-11(9-20)2-4-12/h1-8H,10H2,(H,21,22). The number of hydrazine groups is 1. The summed E-state index contributed by atoms with van der Waals surface area (Å²) in [4.78, 5) is 4.34. The molecular formula is C16H11F3N4O. The number of rotatable bonds is 3. The highest BCUT2D eigenvalue weighted by Crippen LogP contribution is 2.25. The fourth-order valence-electron chi connectivity index (χ4n) is 2.17. The number of ether oxygens (including phenoxy) is 1. The van der Waals surface area contributed by atoms with Crippen LogP contribution in [0.3, 0.4) is 0 Å². The number of nitriles is 1. The van der Waals surface area contributed by atoms with Gasteiger partial charge in [0, 0.05) is 5.56 Å². The number of amidine groups is 1. The molecule has 0 saturated heterocycles. The number of nitrogens with zero attached hydrogens (tertiary/aromatic N) is 3. The molecule has 1 aliphatic rings. The third-order valence-corrected chi connectivity index (χ3v) is 3.28. The average Bonchev–Trinajstić information content (AvgIpc) is 3.04. The third-order valence-electron chi connectivity index (χ3n) is 3.28. The van der Waals surface area contributed by atoms with Crippen LogP contribution >= 0.6 is 0 Å². The Bertz CT molecular complexity index is 792. The van der Waals surface area contributed by atoms with Crippen molar-refractivity contribution in [3.05, 3.63) is 59.7 Å². The Labute approximate surface area is 135 Å². The van der Waals surface area contributed by atoms with E-state index in [4.69, 9.17) is 5.26 Å². The summed E-state index contributed by atoms with van der Waals surface area (Å²) >= 11 is 0. The van der Waals surface area contributed by atoms with Crippen LogP contribution in [0.4, 0.5) is 18.9 Å². The summed E-state index contributed by atoms with van der Waals surface area (Å²) in [5.74, 6) is 0.341. The van der Waals surface area contributed by atoms with Gasteiger partial charge in [0.05, 0.1) is 17.3 Å². The molecule has 3 rings (SSSR count). The first-order valence-electron chi connectivity index (χ1n) is 6.89. The van der Waals surface area contributed by atoms with Gasteiger partial charge in [-0.1, -0.05) is 0 Å². The van der Waals surface area contributed by atoms with Crippen molar-refractivity contribution in [2.24, 2.45) is 4.99 Å². The Balaban J connectivity index is 1.67. The second kappa shape index (κ2) is 6.12. The van der Waals surface area contributed by atoms with Gasteiger partial charge >= 0.3 is 6.36 Å². The van der Waals surface area contributed by atoms with Crippen molar-refractivity contribution in [2.45, 2.75) is 6.36 Å². The fraction of sp³-hybridized carbons (Fsp3) is 0.125. The Kier molecular flexibility index (Phi) is 4.00. The van der Waals surface area contributed by atoms with Crippen molar-refractivity contribution in [2.75, 3.05) is 11.7 Å². The summed E-state index contributed by atoms with van der Waals surface area (Å²) in [7, 11) is 0. The Morgan fingerprint density at radius 1 is 1.08 bits per heavy atom. The highest BCUT2D eigenvalue weighted by atomic mass is 19.4. The fourth-order valence-corrected chi connectivity index (χ4v) is 2.17. The maximum atomic E-state index is 12.2. The first kappa shape index (κ1) is 15.7. The molecule has 0 radical (unpaired) electrons. The quantitative estimate of drug-likeness (QED) is 0.938. The number of hydrogen-bond donors (Lipinski definition) is 1. The van der Waals surface area contributed by atoms with Crippen molar-refractivity contribution in [3.8, 4) is 11.8 Å². The highest BCUT2D eigenvalue weighted by Gasteiger charge is 2.31. The van der Waals surface area contributed by atoms with E-state index in [2.05, 4.69) is 15.2 Å². The van der Waals surface area contributed by atoms with Gasteiger partial charge in [0.25, 0.3) is 0 Å². The van der Waals surface area contributed by atoms with Crippen LogP contribution in [0.15, 0.2) is 53.5 Å². The van der Waals surface area contributed by atoms with Crippen LogP contribution in [0.25, 0.3) is 0 Å². The van der Waals surface area contributed by atoms with Crippen LogP contribution in [0.2, 0.25) is 0 Å². The molecule has 24 heavy (non-hydrogen) atoms. The van der Waals surface area contributed by atoms with Crippen LogP contribution in [0.5, 0.6) is 5.75 Å². The smallest absolute Gasteiger partial charge is 0.406 e. The van der Waals surface area contributed by atoms with Gasteiger partial charge in [0.2, 0.25) is 0 Å². The van der Waals surface area contributed by atoms with Crippen molar-refractivity contribution in [1.29, 1.82) is 5.26 Å². The van der Waals surface area contributed by atoms with Crippen LogP contribution in [0.1, 0.15) is 11.1 Å². The molecule has 0 atom stereocenters. The highest BCUT2D eigenvalue weighted by molar-refractivity contribution is 6.01. The van der Waals surface area contributed by atoms with Gasteiger partial charge in [-0.25, -0.2) is 4.99 Å². The van der Waals surface area contributed by atoms with Gasteiger partial charge in [-0.2, -0.15) is 5.26 Å². The van der Waals surface area contributed by atoms with E-state index in [0.717, 1.165) is 5.56 Å². The van der Waals surface area contributed by atoms with E-state index in [1.54, 1.807) is 29.3 Å². The molecule has 0 unspecified atom stereocenters. The van der Waals surface area contributed by atoms with Crippen molar-refractivity contribution in [3.63, 3.8) is 0 Å². The summed E-state index contributed by atoms with van der Waals surface area (Å²) in [6.07, 6.45) is -4.71. The molecule has 0 amide bonds. The van der Waals surface area contributed by atoms with Crippen LogP contribution in [0, 0.1) is 11.3 Å². The number of halogens is 3. The Morgan fingerprint density at radius 3 is 2.33 bits per heavy atom. The molecule has 0 fully saturated rings. The van der Waals surface area contributed by atoms with Crippen LogP contribution in [-0.4, -0.2) is 18.9 Å². The SMILES string of the molecule is N#Cc1ccc(C2=NCN(c3ccc(OC(F)(F)F)cc3)N2)cc1. The van der Waals surface area contributed by atoms with Gasteiger partial charge < -0.3 is 4.74 Å². The van der Waals surface area contributed by atoms with E-state index in [1.165, 1.54) is 24.3 Å². The van der Waals surface area contributed by atoms with Crippen molar-refractivity contribution >= 4 is 11.5 Å². The van der Waals surface area contributed by atoms with Crippen LogP contribution in [-0.2, 0) is 0 Å². The minimum Gasteiger partial charge on any atom is -0.406 e. The summed E-state index contributed by atoms with van der Waals surface area (Å²) < 4.78 is 40.3. The third kappa shape index (κ3) is 3.57. The van der Waals surface area contributed by atoms with Gasteiger partial charge in [-0.15, -0.1) is 13.2 Å². The molecule has 2 aromatic carbocycles. The average molecular weight is 332 g/mol. The molecule has 1 aliphatic heterocycles. The lowest BCUT2D eigenvalue weighted by Crippen LogP contribution is -2.36. The molecule has 0 aliphatic carbocycles. The second-order valence-corrected chi connectivity index (χ2v) is 4.92. The molecule has 5 nitrogen and oxygen atoms in total. The monoisotopic (exact) mass is 332 g/mol. The largest absolute Gasteiger partial charge is 0.573 e. The van der Waals surface area contributed by atoms with Gasteiger partial charge in [-0.05, 0) is 48.5 Å². The molecule has 0 spiro atoms. The first-order valence-corrected chi connectivity index (χ1v) is 6.89. The van der Waals surface area contributed by atoms with E-state index in [-0.39, 0.29) is 5.75 Å². The Morgan fingerprint density at radius 2 is 1.75 bits per heavy atom. The number of benzene rings is 2.